The van der Waals surface area contributed by atoms with E-state index in [2.05, 4.69) is 59.0 Å². The molecule has 146 valence electrons. The molecule has 2 aromatic rings. The van der Waals surface area contributed by atoms with E-state index in [4.69, 9.17) is 9.73 Å². The summed E-state index contributed by atoms with van der Waals surface area (Å²) in [6.45, 7) is 7.88. The van der Waals surface area contributed by atoms with Crippen LogP contribution in [0, 0.1) is 6.92 Å². The first-order chi connectivity index (χ1) is 13.2. The van der Waals surface area contributed by atoms with Crippen LogP contribution in [-0.2, 0) is 6.54 Å². The fraction of sp³-hybridized carbons (Fsp3) is 0.476. The Morgan fingerprint density at radius 1 is 1.30 bits per heavy atom. The van der Waals surface area contributed by atoms with Gasteiger partial charge in [-0.3, -0.25) is 0 Å². The van der Waals surface area contributed by atoms with Gasteiger partial charge in [-0.2, -0.15) is 0 Å². The highest BCUT2D eigenvalue weighted by Crippen LogP contribution is 2.24. The van der Waals surface area contributed by atoms with Gasteiger partial charge in [-0.1, -0.05) is 12.1 Å². The summed E-state index contributed by atoms with van der Waals surface area (Å²) in [6.07, 6.45) is 2.26. The van der Waals surface area contributed by atoms with E-state index in [-0.39, 0.29) is 0 Å². The lowest BCUT2D eigenvalue weighted by molar-refractivity contribution is 0.411. The lowest BCUT2D eigenvalue weighted by atomic mass is 10.1. The topological polar surface area (TPSA) is 48.9 Å². The largest absolute Gasteiger partial charge is 0.496 e. The summed E-state index contributed by atoms with van der Waals surface area (Å²) in [5, 5.41) is 10.5. The van der Waals surface area contributed by atoms with Crippen molar-refractivity contribution in [3.63, 3.8) is 0 Å². The van der Waals surface area contributed by atoms with Gasteiger partial charge in [-0.15, -0.1) is 11.3 Å². The normalized spacial score (nSPS) is 15.7. The summed E-state index contributed by atoms with van der Waals surface area (Å²) < 4.78 is 5.34. The van der Waals surface area contributed by atoms with Crippen molar-refractivity contribution in [1.82, 2.24) is 10.6 Å². The average molecular weight is 387 g/mol. The summed E-state index contributed by atoms with van der Waals surface area (Å²) >= 11 is 1.82. The second-order valence-corrected chi connectivity index (χ2v) is 7.78. The fourth-order valence-electron chi connectivity index (χ4n) is 3.42. The van der Waals surface area contributed by atoms with Crippen LogP contribution in [-0.4, -0.2) is 38.7 Å². The van der Waals surface area contributed by atoms with Crippen LogP contribution < -0.4 is 20.3 Å². The number of guanidine groups is 1. The van der Waals surface area contributed by atoms with Crippen molar-refractivity contribution >= 4 is 22.3 Å². The summed E-state index contributed by atoms with van der Waals surface area (Å²) in [6, 6.07) is 11.0. The molecular weight excluding hydrogens is 356 g/mol. The van der Waals surface area contributed by atoms with E-state index < -0.39 is 0 Å². The molecule has 1 aromatic carbocycles. The first kappa shape index (κ1) is 19.5. The maximum Gasteiger partial charge on any atom is 0.191 e. The van der Waals surface area contributed by atoms with Gasteiger partial charge in [0.25, 0.3) is 0 Å². The van der Waals surface area contributed by atoms with Crippen molar-refractivity contribution in [2.24, 2.45) is 4.99 Å². The molecule has 2 N–H and O–H groups in total. The van der Waals surface area contributed by atoms with Crippen molar-refractivity contribution in [1.29, 1.82) is 0 Å². The second-order valence-electron chi connectivity index (χ2n) is 6.86. The molecule has 0 atom stereocenters. The minimum Gasteiger partial charge on any atom is -0.496 e. The zero-order valence-electron chi connectivity index (χ0n) is 16.5. The molecule has 1 aliphatic rings. The van der Waals surface area contributed by atoms with Crippen LogP contribution in [0.4, 0.5) is 5.00 Å². The zero-order valence-corrected chi connectivity index (χ0v) is 17.3. The number of rotatable bonds is 6. The number of benzene rings is 1. The lowest BCUT2D eigenvalue weighted by Gasteiger charge is -2.33. The number of nitrogens with one attached hydrogen (secondary N) is 2. The third-order valence-electron chi connectivity index (χ3n) is 4.88. The summed E-state index contributed by atoms with van der Waals surface area (Å²) in [5.41, 5.74) is 2.34. The van der Waals surface area contributed by atoms with Crippen LogP contribution in [0.25, 0.3) is 0 Å². The van der Waals surface area contributed by atoms with E-state index in [9.17, 15) is 0 Å². The van der Waals surface area contributed by atoms with Gasteiger partial charge in [0.05, 0.1) is 18.7 Å². The molecule has 0 bridgehead atoms. The molecular formula is C21H30N4OS. The Labute approximate surface area is 166 Å². The van der Waals surface area contributed by atoms with Crippen LogP contribution in [0.1, 0.15) is 30.9 Å². The number of aryl methyl sites for hydroxylation is 1. The van der Waals surface area contributed by atoms with Gasteiger partial charge >= 0.3 is 0 Å². The Morgan fingerprint density at radius 2 is 2.11 bits per heavy atom. The molecule has 27 heavy (non-hydrogen) atoms. The quantitative estimate of drug-likeness (QED) is 0.586. The van der Waals surface area contributed by atoms with E-state index >= 15 is 0 Å². The van der Waals surface area contributed by atoms with Crippen LogP contribution in [0.2, 0.25) is 0 Å². The van der Waals surface area contributed by atoms with E-state index in [0.29, 0.717) is 12.6 Å². The number of hydrogen-bond acceptors (Lipinski definition) is 4. The first-order valence-corrected chi connectivity index (χ1v) is 10.5. The third kappa shape index (κ3) is 5.39. The molecule has 5 nitrogen and oxygen atoms in total. The SMILES string of the molecule is CCNC(=NCc1ccc(OC)c(C)c1)NC1CCN(c2cccs2)CC1. The zero-order chi connectivity index (χ0) is 19.1. The molecule has 1 fully saturated rings. The third-order valence-corrected chi connectivity index (χ3v) is 5.81. The standard InChI is InChI=1S/C21H30N4OS/c1-4-22-21(23-15-17-7-8-19(26-3)16(2)14-17)24-18-9-11-25(12-10-18)20-6-5-13-27-20/h5-8,13-14,18H,4,9-12,15H2,1-3H3,(H2,22,23,24). The van der Waals surface area contributed by atoms with Crippen LogP contribution in [0.5, 0.6) is 5.75 Å². The first-order valence-electron chi connectivity index (χ1n) is 9.66. The van der Waals surface area contributed by atoms with Gasteiger partial charge in [0.1, 0.15) is 5.75 Å². The Bertz CT molecular complexity index is 737. The molecule has 0 saturated carbocycles. The number of ether oxygens (including phenoxy) is 1. The molecule has 1 aromatic heterocycles. The number of thiophene rings is 1. The molecule has 1 saturated heterocycles. The summed E-state index contributed by atoms with van der Waals surface area (Å²) in [5.74, 6) is 1.82. The van der Waals surface area contributed by atoms with Crippen molar-refractivity contribution in [3.05, 3.63) is 46.8 Å². The van der Waals surface area contributed by atoms with Gasteiger partial charge in [0.15, 0.2) is 5.96 Å². The highest BCUT2D eigenvalue weighted by atomic mass is 32.1. The fourth-order valence-corrected chi connectivity index (χ4v) is 4.20. The van der Waals surface area contributed by atoms with E-state index in [0.717, 1.165) is 49.7 Å². The van der Waals surface area contributed by atoms with Gasteiger partial charge in [0, 0.05) is 25.7 Å². The summed E-state index contributed by atoms with van der Waals surface area (Å²) in [7, 11) is 1.71. The highest BCUT2D eigenvalue weighted by Gasteiger charge is 2.20. The Hall–Kier alpha value is -2.21. The van der Waals surface area contributed by atoms with Gasteiger partial charge in [-0.25, -0.2) is 4.99 Å². The number of piperidine rings is 1. The van der Waals surface area contributed by atoms with Crippen LogP contribution in [0.15, 0.2) is 40.7 Å². The Kier molecular flexibility index (Phi) is 6.98. The predicted molar refractivity (Wildman–Crippen MR) is 115 cm³/mol. The second kappa shape index (κ2) is 9.65. The van der Waals surface area contributed by atoms with Crippen LogP contribution >= 0.6 is 11.3 Å². The summed E-state index contributed by atoms with van der Waals surface area (Å²) in [4.78, 5) is 7.26. The van der Waals surface area contributed by atoms with E-state index in [1.165, 1.54) is 10.6 Å². The van der Waals surface area contributed by atoms with Gasteiger partial charge < -0.3 is 20.3 Å². The molecule has 1 aliphatic heterocycles. The number of hydrogen-bond donors (Lipinski definition) is 2. The van der Waals surface area contributed by atoms with E-state index in [1.54, 1.807) is 7.11 Å². The molecule has 0 aliphatic carbocycles. The number of anilines is 1. The molecule has 0 radical (unpaired) electrons. The minimum absolute atomic E-state index is 0.469. The van der Waals surface area contributed by atoms with E-state index in [1.807, 2.05) is 17.4 Å². The van der Waals surface area contributed by atoms with Gasteiger partial charge in [0.2, 0.25) is 0 Å². The molecule has 2 heterocycles. The minimum atomic E-state index is 0.469. The lowest BCUT2D eigenvalue weighted by Crippen LogP contribution is -2.48. The maximum absolute atomic E-state index is 5.34. The Balaban J connectivity index is 1.55. The average Bonchev–Trinajstić information content (AvgIpc) is 3.22. The molecule has 0 amide bonds. The number of aliphatic imine (C=N–C) groups is 1. The number of nitrogens with zero attached hydrogens (tertiary/aromatic N) is 2. The predicted octanol–water partition coefficient (Wildman–Crippen LogP) is 3.79. The Morgan fingerprint density at radius 3 is 2.74 bits per heavy atom. The van der Waals surface area contributed by atoms with Crippen molar-refractivity contribution in [2.45, 2.75) is 39.3 Å². The molecule has 0 spiro atoms. The maximum atomic E-state index is 5.34. The van der Waals surface area contributed by atoms with Gasteiger partial charge in [-0.05, 0) is 61.4 Å². The number of methoxy groups -OCH3 is 1. The molecule has 6 heteroatoms. The van der Waals surface area contributed by atoms with Crippen molar-refractivity contribution < 1.29 is 4.74 Å². The van der Waals surface area contributed by atoms with Crippen molar-refractivity contribution in [2.75, 3.05) is 31.6 Å². The molecule has 0 unspecified atom stereocenters. The monoisotopic (exact) mass is 386 g/mol. The highest BCUT2D eigenvalue weighted by molar-refractivity contribution is 7.14. The van der Waals surface area contributed by atoms with Crippen LogP contribution in [0.3, 0.4) is 0 Å². The smallest absolute Gasteiger partial charge is 0.191 e. The van der Waals surface area contributed by atoms with Crippen molar-refractivity contribution in [3.8, 4) is 5.75 Å². The molecule has 3 rings (SSSR count).